The molecule has 4 nitrogen and oxygen atoms in total. The third kappa shape index (κ3) is 4.58. The molecule has 44 heavy (non-hydrogen) atoms. The molecule has 6 aromatic carbocycles. The van der Waals surface area contributed by atoms with Gasteiger partial charge < -0.3 is 15.6 Å². The summed E-state index contributed by atoms with van der Waals surface area (Å²) < 4.78 is 2.38. The number of fused-ring (bicyclic) bond motifs is 4. The first kappa shape index (κ1) is 26.0. The third-order valence-corrected chi connectivity index (χ3v) is 8.33. The molecule has 0 fully saturated rings. The summed E-state index contributed by atoms with van der Waals surface area (Å²) in [5.41, 5.74) is 16.8. The second kappa shape index (κ2) is 10.8. The molecular weight excluding hydrogens is 536 g/mol. The van der Waals surface area contributed by atoms with E-state index in [-0.39, 0.29) is 0 Å². The third-order valence-electron chi connectivity index (χ3n) is 8.33. The van der Waals surface area contributed by atoms with Gasteiger partial charge in [-0.25, -0.2) is 4.98 Å². The molecular formula is C40H30N4. The Morgan fingerprint density at radius 1 is 0.545 bits per heavy atom. The first-order chi connectivity index (χ1) is 21.7. The summed E-state index contributed by atoms with van der Waals surface area (Å²) in [6.07, 6.45) is 0. The van der Waals surface area contributed by atoms with Crippen LogP contribution in [0.1, 0.15) is 5.56 Å². The van der Waals surface area contributed by atoms with Gasteiger partial charge in [0, 0.05) is 39.8 Å². The summed E-state index contributed by atoms with van der Waals surface area (Å²) in [5.74, 6) is 0. The van der Waals surface area contributed by atoms with Crippen LogP contribution >= 0.6 is 0 Å². The summed E-state index contributed by atoms with van der Waals surface area (Å²) in [7, 11) is 0. The predicted molar refractivity (Wildman–Crippen MR) is 185 cm³/mol. The van der Waals surface area contributed by atoms with Crippen LogP contribution in [-0.2, 0) is 6.54 Å². The van der Waals surface area contributed by atoms with E-state index >= 15 is 0 Å². The fourth-order valence-corrected chi connectivity index (χ4v) is 6.21. The van der Waals surface area contributed by atoms with Crippen molar-refractivity contribution in [2.24, 2.45) is 5.73 Å². The maximum atomic E-state index is 6.25. The number of nitrogens with zero attached hydrogens (tertiary/aromatic N) is 2. The molecule has 2 aromatic heterocycles. The Hall–Kier alpha value is -5.71. The minimum atomic E-state index is 0.451. The van der Waals surface area contributed by atoms with E-state index in [1.165, 1.54) is 16.2 Å². The van der Waals surface area contributed by atoms with E-state index < -0.39 is 0 Å². The first-order valence-corrected chi connectivity index (χ1v) is 14.9. The van der Waals surface area contributed by atoms with Crippen LogP contribution in [0.4, 0.5) is 11.4 Å². The van der Waals surface area contributed by atoms with Crippen molar-refractivity contribution in [3.63, 3.8) is 0 Å². The summed E-state index contributed by atoms with van der Waals surface area (Å²) in [6.45, 7) is 0.451. The topological polar surface area (TPSA) is 55.9 Å². The lowest BCUT2D eigenvalue weighted by atomic mass is 10.0. The number of benzene rings is 6. The number of pyridine rings is 1. The fraction of sp³-hybridized carbons (Fsp3) is 0.0250. The lowest BCUT2D eigenvalue weighted by molar-refractivity contribution is 1.08. The van der Waals surface area contributed by atoms with Gasteiger partial charge in [-0.2, -0.15) is 0 Å². The SMILES string of the molecule is NCc1cc2cc3c4ccccc4n(-c4cc(-c5ccccc5)nc(-c5ccccc5)c4)c3cc2cc1Nc1ccccc1. The van der Waals surface area contributed by atoms with E-state index in [1.807, 2.05) is 30.3 Å². The van der Waals surface area contributed by atoms with Gasteiger partial charge in [-0.1, -0.05) is 97.1 Å². The molecule has 8 aromatic rings. The Kier molecular flexibility index (Phi) is 6.40. The van der Waals surface area contributed by atoms with Crippen LogP contribution in [0.3, 0.4) is 0 Å². The number of para-hydroxylation sites is 2. The van der Waals surface area contributed by atoms with Gasteiger partial charge in [-0.05, 0) is 70.9 Å². The van der Waals surface area contributed by atoms with Gasteiger partial charge in [0.15, 0.2) is 0 Å². The molecule has 0 radical (unpaired) electrons. The van der Waals surface area contributed by atoms with Crippen molar-refractivity contribution in [2.75, 3.05) is 5.32 Å². The second-order valence-corrected chi connectivity index (χ2v) is 11.1. The standard InChI is InChI=1S/C40H30N4/c41-26-31-20-29-21-35-34-18-10-11-19-39(34)44(40(35)23-30(29)22-36(31)42-32-16-8-3-9-17-32)33-24-37(27-12-4-1-5-13-27)43-38(25-33)28-14-6-2-7-15-28/h1-25,42H,26,41H2. The van der Waals surface area contributed by atoms with Crippen molar-refractivity contribution in [3.05, 3.63) is 157 Å². The van der Waals surface area contributed by atoms with E-state index in [2.05, 4.69) is 131 Å². The van der Waals surface area contributed by atoms with Gasteiger partial charge >= 0.3 is 0 Å². The van der Waals surface area contributed by atoms with E-state index in [4.69, 9.17) is 10.7 Å². The molecule has 3 N–H and O–H groups in total. The molecule has 0 bridgehead atoms. The van der Waals surface area contributed by atoms with Crippen molar-refractivity contribution < 1.29 is 0 Å². The van der Waals surface area contributed by atoms with Crippen molar-refractivity contribution in [2.45, 2.75) is 6.54 Å². The van der Waals surface area contributed by atoms with Gasteiger partial charge in [0.1, 0.15) is 0 Å². The number of hydrogen-bond acceptors (Lipinski definition) is 3. The summed E-state index contributed by atoms with van der Waals surface area (Å²) in [5, 5.41) is 8.33. The molecule has 0 saturated carbocycles. The summed E-state index contributed by atoms with van der Waals surface area (Å²) >= 11 is 0. The Morgan fingerprint density at radius 3 is 1.80 bits per heavy atom. The number of nitrogens with one attached hydrogen (secondary N) is 1. The fourth-order valence-electron chi connectivity index (χ4n) is 6.21. The van der Waals surface area contributed by atoms with Gasteiger partial charge in [-0.15, -0.1) is 0 Å². The highest BCUT2D eigenvalue weighted by atomic mass is 15.0. The second-order valence-electron chi connectivity index (χ2n) is 11.1. The minimum Gasteiger partial charge on any atom is -0.355 e. The Morgan fingerprint density at radius 2 is 1.14 bits per heavy atom. The van der Waals surface area contributed by atoms with Gasteiger partial charge in [0.05, 0.1) is 28.1 Å². The maximum absolute atomic E-state index is 6.25. The number of nitrogens with two attached hydrogens (primary N) is 1. The zero-order valence-electron chi connectivity index (χ0n) is 24.1. The quantitative estimate of drug-likeness (QED) is 0.211. The van der Waals surface area contributed by atoms with Crippen LogP contribution in [0.25, 0.3) is 60.8 Å². The highest BCUT2D eigenvalue weighted by molar-refractivity contribution is 6.14. The highest BCUT2D eigenvalue weighted by Crippen LogP contribution is 2.38. The van der Waals surface area contributed by atoms with Gasteiger partial charge in [-0.3, -0.25) is 0 Å². The Bertz CT molecular complexity index is 2210. The minimum absolute atomic E-state index is 0.451. The number of anilines is 2. The van der Waals surface area contributed by atoms with Crippen molar-refractivity contribution in [1.82, 2.24) is 9.55 Å². The molecule has 4 heteroatoms. The molecule has 0 aliphatic rings. The Balaban J connectivity index is 1.40. The number of aromatic nitrogens is 2. The predicted octanol–water partition coefficient (Wildman–Crippen LogP) is 9.87. The normalized spacial score (nSPS) is 11.4. The molecule has 0 spiro atoms. The Labute approximate surface area is 256 Å². The van der Waals surface area contributed by atoms with Gasteiger partial charge in [0.25, 0.3) is 0 Å². The smallest absolute Gasteiger partial charge is 0.0730 e. The van der Waals surface area contributed by atoms with Crippen LogP contribution in [0.2, 0.25) is 0 Å². The molecule has 0 aliphatic heterocycles. The zero-order valence-corrected chi connectivity index (χ0v) is 24.1. The molecule has 0 unspecified atom stereocenters. The van der Waals surface area contributed by atoms with Crippen LogP contribution < -0.4 is 11.1 Å². The lowest BCUT2D eigenvalue weighted by Crippen LogP contribution is -2.02. The van der Waals surface area contributed by atoms with E-state index in [0.29, 0.717) is 6.54 Å². The van der Waals surface area contributed by atoms with Crippen LogP contribution in [-0.4, -0.2) is 9.55 Å². The maximum Gasteiger partial charge on any atom is 0.0730 e. The first-order valence-electron chi connectivity index (χ1n) is 14.9. The van der Waals surface area contributed by atoms with Gasteiger partial charge in [0.2, 0.25) is 0 Å². The van der Waals surface area contributed by atoms with E-state index in [0.717, 1.165) is 61.6 Å². The lowest BCUT2D eigenvalue weighted by Gasteiger charge is -2.15. The van der Waals surface area contributed by atoms with Crippen molar-refractivity contribution in [3.8, 4) is 28.2 Å². The average Bonchev–Trinajstić information content (AvgIpc) is 3.41. The van der Waals surface area contributed by atoms with Crippen LogP contribution in [0.15, 0.2) is 152 Å². The molecule has 0 saturated heterocycles. The summed E-state index contributed by atoms with van der Waals surface area (Å²) in [6, 6.07) is 53.2. The van der Waals surface area contributed by atoms with Crippen LogP contribution in [0, 0.1) is 0 Å². The molecule has 8 rings (SSSR count). The van der Waals surface area contributed by atoms with Crippen molar-refractivity contribution in [1.29, 1.82) is 0 Å². The molecule has 0 amide bonds. The molecule has 2 heterocycles. The molecule has 0 atom stereocenters. The summed E-state index contributed by atoms with van der Waals surface area (Å²) in [4.78, 5) is 5.13. The monoisotopic (exact) mass is 566 g/mol. The molecule has 210 valence electrons. The van der Waals surface area contributed by atoms with Crippen molar-refractivity contribution >= 4 is 44.0 Å². The van der Waals surface area contributed by atoms with Crippen LogP contribution in [0.5, 0.6) is 0 Å². The zero-order chi connectivity index (χ0) is 29.5. The number of hydrogen-bond donors (Lipinski definition) is 2. The largest absolute Gasteiger partial charge is 0.355 e. The molecule has 0 aliphatic carbocycles. The highest BCUT2D eigenvalue weighted by Gasteiger charge is 2.17. The van der Waals surface area contributed by atoms with E-state index in [9.17, 15) is 0 Å². The average molecular weight is 567 g/mol. The van der Waals surface area contributed by atoms with E-state index in [1.54, 1.807) is 0 Å². The number of rotatable bonds is 6.